The summed E-state index contributed by atoms with van der Waals surface area (Å²) in [6, 6.07) is 14.1. The Morgan fingerprint density at radius 3 is 2.90 bits per heavy atom. The zero-order valence-electron chi connectivity index (χ0n) is 16.5. The number of rotatable bonds is 4. The molecule has 0 spiro atoms. The molecular weight excluding hydrogens is 408 g/mol. The Morgan fingerprint density at radius 1 is 1.06 bits per heavy atom. The second kappa shape index (κ2) is 7.03. The largest absolute Gasteiger partial charge is 0.495 e. The van der Waals surface area contributed by atoms with E-state index < -0.39 is 0 Å². The Balaban J connectivity index is 1.50. The van der Waals surface area contributed by atoms with Gasteiger partial charge in [-0.05, 0) is 41.8 Å². The molecule has 0 aromatic carbocycles. The summed E-state index contributed by atoms with van der Waals surface area (Å²) < 4.78 is 5.30. The number of nitrogens with zero attached hydrogens (tertiary/aromatic N) is 4. The highest BCUT2D eigenvalue weighted by atomic mass is 32.1. The predicted molar refractivity (Wildman–Crippen MR) is 122 cm³/mol. The minimum atomic E-state index is 0.689. The Labute approximate surface area is 180 Å². The van der Waals surface area contributed by atoms with Crippen LogP contribution in [0.2, 0.25) is 0 Å². The second-order valence-corrected chi connectivity index (χ2v) is 8.01. The summed E-state index contributed by atoms with van der Waals surface area (Å²) in [6.07, 6.45) is 5.27. The molecule has 150 valence electrons. The molecule has 0 saturated carbocycles. The number of aromatic amines is 2. The Kier molecular flexibility index (Phi) is 4.03. The molecule has 6 aromatic rings. The van der Waals surface area contributed by atoms with Gasteiger partial charge in [0.05, 0.1) is 30.2 Å². The van der Waals surface area contributed by atoms with Gasteiger partial charge < -0.3 is 9.72 Å². The van der Waals surface area contributed by atoms with Crippen molar-refractivity contribution >= 4 is 33.4 Å². The van der Waals surface area contributed by atoms with E-state index in [-0.39, 0.29) is 0 Å². The third kappa shape index (κ3) is 2.96. The van der Waals surface area contributed by atoms with Gasteiger partial charge in [0, 0.05) is 33.8 Å². The number of pyridine rings is 3. The first-order valence-electron chi connectivity index (χ1n) is 9.66. The Bertz CT molecular complexity index is 1530. The van der Waals surface area contributed by atoms with Crippen molar-refractivity contribution in [2.75, 3.05) is 7.11 Å². The molecular formula is C23H16N6OS. The normalized spacial score (nSPS) is 11.4. The van der Waals surface area contributed by atoms with Crippen molar-refractivity contribution in [1.82, 2.24) is 30.1 Å². The maximum atomic E-state index is 5.30. The van der Waals surface area contributed by atoms with Gasteiger partial charge in [-0.25, -0.2) is 9.97 Å². The van der Waals surface area contributed by atoms with Crippen molar-refractivity contribution < 1.29 is 4.74 Å². The fourth-order valence-electron chi connectivity index (χ4n) is 3.72. The van der Waals surface area contributed by atoms with E-state index in [1.165, 1.54) is 4.88 Å². The summed E-state index contributed by atoms with van der Waals surface area (Å²) in [7, 11) is 1.62. The minimum Gasteiger partial charge on any atom is -0.495 e. The quantitative estimate of drug-likeness (QED) is 0.401. The number of nitrogens with one attached hydrogen (secondary N) is 2. The lowest BCUT2D eigenvalue weighted by Gasteiger charge is -2.04. The van der Waals surface area contributed by atoms with E-state index in [1.807, 2.05) is 30.5 Å². The molecule has 0 fully saturated rings. The van der Waals surface area contributed by atoms with E-state index in [2.05, 4.69) is 48.7 Å². The van der Waals surface area contributed by atoms with Gasteiger partial charge in [-0.15, -0.1) is 11.3 Å². The molecule has 8 heteroatoms. The van der Waals surface area contributed by atoms with E-state index in [0.717, 1.165) is 50.3 Å². The molecule has 0 aliphatic carbocycles. The van der Waals surface area contributed by atoms with Crippen LogP contribution in [0.4, 0.5) is 0 Å². The molecule has 0 unspecified atom stereocenters. The average Bonchev–Trinajstić information content (AvgIpc) is 3.57. The lowest BCUT2D eigenvalue weighted by molar-refractivity contribution is 0.413. The van der Waals surface area contributed by atoms with E-state index in [9.17, 15) is 0 Å². The monoisotopic (exact) mass is 424 g/mol. The predicted octanol–water partition coefficient (Wildman–Crippen LogP) is 5.30. The summed E-state index contributed by atoms with van der Waals surface area (Å²) in [5, 5.41) is 10.8. The molecule has 2 N–H and O–H groups in total. The molecule has 0 saturated heterocycles. The number of hydrogen-bond acceptors (Lipinski definition) is 6. The van der Waals surface area contributed by atoms with Crippen molar-refractivity contribution in [3.8, 4) is 38.8 Å². The molecule has 6 rings (SSSR count). The standard InChI is InChI=1S/C23H16N6OS/c1-30-14-9-13(11-24-12-14)17-4-5-18-21(26-17)22(29-28-18)19-10-16-15(20-3-2-8-31-20)6-7-25-23(16)27-19/h2-12H,1H3,(H,25,27)(H,28,29). The Morgan fingerprint density at radius 2 is 2.03 bits per heavy atom. The number of methoxy groups -OCH3 is 1. The van der Waals surface area contributed by atoms with Crippen LogP contribution in [0.1, 0.15) is 0 Å². The van der Waals surface area contributed by atoms with Crippen LogP contribution < -0.4 is 4.74 Å². The molecule has 0 bridgehead atoms. The topological polar surface area (TPSA) is 92.4 Å². The van der Waals surface area contributed by atoms with Gasteiger partial charge in [0.2, 0.25) is 0 Å². The second-order valence-electron chi connectivity index (χ2n) is 7.06. The fourth-order valence-corrected chi connectivity index (χ4v) is 4.49. The molecule has 0 atom stereocenters. The third-order valence-electron chi connectivity index (χ3n) is 5.23. The average molecular weight is 424 g/mol. The van der Waals surface area contributed by atoms with Crippen molar-refractivity contribution in [1.29, 1.82) is 0 Å². The highest BCUT2D eigenvalue weighted by Gasteiger charge is 2.16. The maximum absolute atomic E-state index is 5.30. The van der Waals surface area contributed by atoms with Gasteiger partial charge in [0.1, 0.15) is 22.6 Å². The molecule has 31 heavy (non-hydrogen) atoms. The van der Waals surface area contributed by atoms with E-state index in [1.54, 1.807) is 30.8 Å². The summed E-state index contributed by atoms with van der Waals surface area (Å²) in [4.78, 5) is 18.2. The van der Waals surface area contributed by atoms with Crippen LogP contribution in [-0.2, 0) is 0 Å². The van der Waals surface area contributed by atoms with E-state index in [0.29, 0.717) is 5.75 Å². The molecule has 6 heterocycles. The van der Waals surface area contributed by atoms with Crippen LogP contribution in [0.15, 0.2) is 66.4 Å². The molecule has 0 amide bonds. The fraction of sp³-hybridized carbons (Fsp3) is 0.0435. The molecule has 6 aromatic heterocycles. The zero-order chi connectivity index (χ0) is 20.8. The van der Waals surface area contributed by atoms with Crippen LogP contribution in [0.25, 0.3) is 55.2 Å². The maximum Gasteiger partial charge on any atom is 0.138 e. The van der Waals surface area contributed by atoms with Gasteiger partial charge in [-0.2, -0.15) is 5.10 Å². The zero-order valence-corrected chi connectivity index (χ0v) is 17.3. The molecule has 0 aliphatic heterocycles. The van der Waals surface area contributed by atoms with Crippen LogP contribution in [0.3, 0.4) is 0 Å². The van der Waals surface area contributed by atoms with Crippen molar-refractivity contribution in [2.24, 2.45) is 0 Å². The van der Waals surface area contributed by atoms with Crippen LogP contribution >= 0.6 is 11.3 Å². The van der Waals surface area contributed by atoms with Crippen LogP contribution in [-0.4, -0.2) is 37.2 Å². The SMILES string of the molecule is COc1cncc(-c2ccc3[nH]nc(-c4cc5c(-c6cccs6)ccnc5[nH]4)c3n2)c1. The first kappa shape index (κ1) is 17.8. The smallest absolute Gasteiger partial charge is 0.138 e. The first-order valence-corrected chi connectivity index (χ1v) is 10.5. The van der Waals surface area contributed by atoms with Crippen molar-refractivity contribution in [3.63, 3.8) is 0 Å². The number of H-pyrrole nitrogens is 2. The van der Waals surface area contributed by atoms with Gasteiger partial charge in [-0.1, -0.05) is 6.07 Å². The van der Waals surface area contributed by atoms with Gasteiger partial charge in [0.15, 0.2) is 0 Å². The molecule has 7 nitrogen and oxygen atoms in total. The lowest BCUT2D eigenvalue weighted by atomic mass is 10.1. The number of fused-ring (bicyclic) bond motifs is 2. The molecule has 0 radical (unpaired) electrons. The van der Waals surface area contributed by atoms with Crippen molar-refractivity contribution in [2.45, 2.75) is 0 Å². The van der Waals surface area contributed by atoms with Crippen molar-refractivity contribution in [3.05, 3.63) is 66.4 Å². The summed E-state index contributed by atoms with van der Waals surface area (Å²) in [5.74, 6) is 0.689. The van der Waals surface area contributed by atoms with Gasteiger partial charge in [-0.3, -0.25) is 10.1 Å². The highest BCUT2D eigenvalue weighted by molar-refractivity contribution is 7.13. The van der Waals surface area contributed by atoms with Gasteiger partial charge in [0.25, 0.3) is 0 Å². The number of aromatic nitrogens is 6. The summed E-state index contributed by atoms with van der Waals surface area (Å²) >= 11 is 1.71. The minimum absolute atomic E-state index is 0.689. The molecule has 0 aliphatic rings. The number of thiophene rings is 1. The summed E-state index contributed by atoms with van der Waals surface area (Å²) in [6.45, 7) is 0. The van der Waals surface area contributed by atoms with E-state index >= 15 is 0 Å². The lowest BCUT2D eigenvalue weighted by Crippen LogP contribution is -1.89. The number of hydrogen-bond donors (Lipinski definition) is 2. The van der Waals surface area contributed by atoms with Gasteiger partial charge >= 0.3 is 0 Å². The first-order chi connectivity index (χ1) is 15.3. The number of ether oxygens (including phenoxy) is 1. The Hall–Kier alpha value is -4.04. The third-order valence-corrected chi connectivity index (χ3v) is 6.13. The van der Waals surface area contributed by atoms with E-state index in [4.69, 9.17) is 9.72 Å². The van der Waals surface area contributed by atoms with Crippen LogP contribution in [0, 0.1) is 0 Å². The summed E-state index contributed by atoms with van der Waals surface area (Å²) in [5.41, 5.74) is 6.92. The highest BCUT2D eigenvalue weighted by Crippen LogP contribution is 2.35. The van der Waals surface area contributed by atoms with Crippen LogP contribution in [0.5, 0.6) is 5.75 Å².